The number of nitrogens with one attached hydrogen (secondary N) is 1. The number of hydrogen-bond acceptors (Lipinski definition) is 3. The summed E-state index contributed by atoms with van der Waals surface area (Å²) in [4.78, 5) is 13.1. The number of benzene rings is 2. The Morgan fingerprint density at radius 3 is 2.48 bits per heavy atom. The van der Waals surface area contributed by atoms with Gasteiger partial charge in [0.25, 0.3) is 5.91 Å². The van der Waals surface area contributed by atoms with Crippen LogP contribution in [0.4, 0.5) is 5.69 Å². The van der Waals surface area contributed by atoms with E-state index >= 15 is 0 Å². The first-order valence-corrected chi connectivity index (χ1v) is 10.0. The van der Waals surface area contributed by atoms with Crippen molar-refractivity contribution >= 4 is 22.4 Å². The molecule has 27 heavy (non-hydrogen) atoms. The lowest BCUT2D eigenvalue weighted by Gasteiger charge is -2.36. The first kappa shape index (κ1) is 19.7. The maximum atomic E-state index is 13.1. The monoisotopic (exact) mass is 369 g/mol. The number of ether oxygens (including phenoxy) is 2. The third-order valence-corrected chi connectivity index (χ3v) is 5.92. The highest BCUT2D eigenvalue weighted by Crippen LogP contribution is 2.37. The van der Waals surface area contributed by atoms with Gasteiger partial charge in [0.05, 0.1) is 6.10 Å². The third kappa shape index (κ3) is 4.11. The lowest BCUT2D eigenvalue weighted by atomic mass is 9.79. The van der Waals surface area contributed by atoms with E-state index in [0.29, 0.717) is 5.92 Å². The van der Waals surface area contributed by atoms with E-state index in [1.807, 2.05) is 36.4 Å². The molecule has 0 saturated heterocycles. The second kappa shape index (κ2) is 8.30. The highest BCUT2D eigenvalue weighted by molar-refractivity contribution is 6.06. The Morgan fingerprint density at radius 2 is 1.85 bits per heavy atom. The summed E-state index contributed by atoms with van der Waals surface area (Å²) < 4.78 is 11.8. The van der Waals surface area contributed by atoms with E-state index in [1.165, 1.54) is 0 Å². The molecular weight excluding hydrogens is 338 g/mol. The number of carbonyl (C=O) groups is 1. The minimum absolute atomic E-state index is 0.0438. The minimum atomic E-state index is -0.723. The van der Waals surface area contributed by atoms with Gasteiger partial charge < -0.3 is 14.8 Å². The fraction of sp³-hybridized carbons (Fsp3) is 0.522. The van der Waals surface area contributed by atoms with E-state index < -0.39 is 5.60 Å². The molecule has 2 aromatic carbocycles. The predicted octanol–water partition coefficient (Wildman–Crippen LogP) is 5.55. The molecule has 1 saturated carbocycles. The maximum absolute atomic E-state index is 13.1. The molecular formula is C23H31NO3. The van der Waals surface area contributed by atoms with Crippen molar-refractivity contribution < 1.29 is 14.3 Å². The maximum Gasteiger partial charge on any atom is 0.256 e. The van der Waals surface area contributed by atoms with Crippen LogP contribution in [-0.2, 0) is 9.53 Å². The molecule has 1 aliphatic rings. The number of hydrogen-bond donors (Lipinski definition) is 1. The Balaban J connectivity index is 1.89. The Bertz CT molecular complexity index is 793. The summed E-state index contributed by atoms with van der Waals surface area (Å²) in [5, 5.41) is 5.14. The van der Waals surface area contributed by atoms with Gasteiger partial charge in [-0.15, -0.1) is 0 Å². The van der Waals surface area contributed by atoms with Gasteiger partial charge in [-0.05, 0) is 57.1 Å². The lowest BCUT2D eigenvalue weighted by Crippen LogP contribution is -2.47. The van der Waals surface area contributed by atoms with Crippen molar-refractivity contribution in [3.05, 3.63) is 36.4 Å². The van der Waals surface area contributed by atoms with Crippen LogP contribution < -0.4 is 10.1 Å². The van der Waals surface area contributed by atoms with Crippen molar-refractivity contribution in [1.29, 1.82) is 0 Å². The van der Waals surface area contributed by atoms with Crippen LogP contribution in [0.15, 0.2) is 36.4 Å². The zero-order valence-electron chi connectivity index (χ0n) is 16.9. The zero-order chi connectivity index (χ0) is 19.4. The van der Waals surface area contributed by atoms with Crippen LogP contribution in [0.3, 0.4) is 0 Å². The molecule has 1 atom stereocenters. The van der Waals surface area contributed by atoms with Crippen molar-refractivity contribution in [2.75, 3.05) is 12.4 Å². The Morgan fingerprint density at radius 1 is 1.19 bits per heavy atom. The summed E-state index contributed by atoms with van der Waals surface area (Å²) in [5.74, 6) is 1.46. The predicted molar refractivity (Wildman–Crippen MR) is 110 cm³/mol. The molecule has 4 nitrogen and oxygen atoms in total. The molecule has 1 amide bonds. The van der Waals surface area contributed by atoms with Crippen LogP contribution in [0.5, 0.6) is 5.75 Å². The van der Waals surface area contributed by atoms with Gasteiger partial charge in [0, 0.05) is 23.6 Å². The topological polar surface area (TPSA) is 47.6 Å². The van der Waals surface area contributed by atoms with E-state index in [4.69, 9.17) is 9.47 Å². The number of amides is 1. The SMILES string of the molecule is CC[C@H](C)Oc1ccc(NC(=O)C2(OC)CCC(C)CC2)c2ccccc12. The number of rotatable bonds is 6. The summed E-state index contributed by atoms with van der Waals surface area (Å²) in [7, 11) is 1.65. The van der Waals surface area contributed by atoms with Crippen LogP contribution in [0.2, 0.25) is 0 Å². The molecule has 146 valence electrons. The fourth-order valence-electron chi connectivity index (χ4n) is 3.77. The summed E-state index contributed by atoms with van der Waals surface area (Å²) in [6, 6.07) is 11.9. The van der Waals surface area contributed by atoms with Crippen LogP contribution in [0, 0.1) is 5.92 Å². The molecule has 0 bridgehead atoms. The molecule has 0 aromatic heterocycles. The highest BCUT2D eigenvalue weighted by Gasteiger charge is 2.41. The zero-order valence-corrected chi connectivity index (χ0v) is 16.9. The molecule has 3 rings (SSSR count). The first-order valence-electron chi connectivity index (χ1n) is 10.0. The average molecular weight is 370 g/mol. The number of fused-ring (bicyclic) bond motifs is 1. The molecule has 0 radical (unpaired) electrons. The van der Waals surface area contributed by atoms with E-state index in [0.717, 1.165) is 54.3 Å². The second-order valence-electron chi connectivity index (χ2n) is 7.83. The highest BCUT2D eigenvalue weighted by atomic mass is 16.5. The van der Waals surface area contributed by atoms with Crippen molar-refractivity contribution in [2.24, 2.45) is 5.92 Å². The Kier molecular flexibility index (Phi) is 6.05. The molecule has 1 fully saturated rings. The van der Waals surface area contributed by atoms with Crippen molar-refractivity contribution in [1.82, 2.24) is 0 Å². The van der Waals surface area contributed by atoms with E-state index in [2.05, 4.69) is 26.1 Å². The average Bonchev–Trinajstić information content (AvgIpc) is 2.70. The number of anilines is 1. The van der Waals surface area contributed by atoms with Crippen molar-refractivity contribution in [2.45, 2.75) is 64.6 Å². The van der Waals surface area contributed by atoms with Gasteiger partial charge in [0.1, 0.15) is 11.4 Å². The quantitative estimate of drug-likeness (QED) is 0.726. The number of methoxy groups -OCH3 is 1. The van der Waals surface area contributed by atoms with E-state index in [9.17, 15) is 4.79 Å². The molecule has 1 N–H and O–H groups in total. The van der Waals surface area contributed by atoms with Crippen LogP contribution in [-0.4, -0.2) is 24.7 Å². The molecule has 1 aliphatic carbocycles. The lowest BCUT2D eigenvalue weighted by molar-refractivity contribution is -0.142. The van der Waals surface area contributed by atoms with Crippen molar-refractivity contribution in [3.63, 3.8) is 0 Å². The minimum Gasteiger partial charge on any atom is -0.490 e. The molecule has 0 aliphatic heterocycles. The Labute approximate surface area is 162 Å². The van der Waals surface area contributed by atoms with Gasteiger partial charge in [-0.1, -0.05) is 38.1 Å². The molecule has 0 unspecified atom stereocenters. The second-order valence-corrected chi connectivity index (χ2v) is 7.83. The Hall–Kier alpha value is -2.07. The third-order valence-electron chi connectivity index (χ3n) is 5.92. The molecule has 0 heterocycles. The first-order chi connectivity index (χ1) is 13.0. The van der Waals surface area contributed by atoms with E-state index in [1.54, 1.807) is 7.11 Å². The van der Waals surface area contributed by atoms with Gasteiger partial charge in [-0.25, -0.2) is 0 Å². The summed E-state index contributed by atoms with van der Waals surface area (Å²) in [5.41, 5.74) is 0.0848. The standard InChI is InChI=1S/C23H31NO3/c1-5-17(3)27-21-11-10-20(18-8-6-7-9-19(18)21)24-22(25)23(26-4)14-12-16(2)13-15-23/h6-11,16-17H,5,12-15H2,1-4H3,(H,24,25)/t16?,17-,23?/m0/s1. The molecule has 2 aromatic rings. The molecule has 4 heteroatoms. The normalized spacial score (nSPS) is 23.8. The fourth-order valence-corrected chi connectivity index (χ4v) is 3.77. The summed E-state index contributed by atoms with van der Waals surface area (Å²) >= 11 is 0. The van der Waals surface area contributed by atoms with Crippen molar-refractivity contribution in [3.8, 4) is 5.75 Å². The van der Waals surface area contributed by atoms with Gasteiger partial charge >= 0.3 is 0 Å². The largest absolute Gasteiger partial charge is 0.490 e. The van der Waals surface area contributed by atoms with Crippen LogP contribution in [0.25, 0.3) is 10.8 Å². The summed E-state index contributed by atoms with van der Waals surface area (Å²) in [6.45, 7) is 6.41. The smallest absolute Gasteiger partial charge is 0.256 e. The van der Waals surface area contributed by atoms with Crippen LogP contribution >= 0.6 is 0 Å². The van der Waals surface area contributed by atoms with Gasteiger partial charge in [-0.2, -0.15) is 0 Å². The van der Waals surface area contributed by atoms with Gasteiger partial charge in [-0.3, -0.25) is 4.79 Å². The number of carbonyl (C=O) groups excluding carboxylic acids is 1. The van der Waals surface area contributed by atoms with E-state index in [-0.39, 0.29) is 12.0 Å². The van der Waals surface area contributed by atoms with Gasteiger partial charge in [0.15, 0.2) is 0 Å². The summed E-state index contributed by atoms with van der Waals surface area (Å²) in [6.07, 6.45) is 4.66. The van der Waals surface area contributed by atoms with Gasteiger partial charge in [0.2, 0.25) is 0 Å². The molecule has 0 spiro atoms. The van der Waals surface area contributed by atoms with Crippen LogP contribution in [0.1, 0.15) is 52.9 Å².